The molecule has 0 aliphatic rings. The molecule has 26 heavy (non-hydrogen) atoms. The number of nitrogens with zero attached hydrogens (tertiary/aromatic N) is 3. The number of hydrogen-bond acceptors (Lipinski definition) is 5. The number of hydrogen-bond donors (Lipinski definition) is 1. The summed E-state index contributed by atoms with van der Waals surface area (Å²) in [5.74, 6) is 1.99. The summed E-state index contributed by atoms with van der Waals surface area (Å²) < 4.78 is 0. The van der Waals surface area contributed by atoms with Gasteiger partial charge < -0.3 is 5.32 Å². The minimum absolute atomic E-state index is 0.453. The second-order valence-corrected chi connectivity index (χ2v) is 7.24. The summed E-state index contributed by atoms with van der Waals surface area (Å²) in [6.45, 7) is 4.33. The molecule has 0 atom stereocenters. The van der Waals surface area contributed by atoms with E-state index in [-0.39, 0.29) is 0 Å². The molecule has 1 heterocycles. The molecule has 5 heteroatoms. The van der Waals surface area contributed by atoms with Gasteiger partial charge in [0.15, 0.2) is 11.0 Å². The highest BCUT2D eigenvalue weighted by atomic mass is 32.2. The normalized spacial score (nSPS) is 10.5. The molecular formula is C21H20N4S. The van der Waals surface area contributed by atoms with E-state index < -0.39 is 0 Å². The van der Waals surface area contributed by atoms with Crippen molar-refractivity contribution in [1.29, 1.82) is 5.26 Å². The van der Waals surface area contributed by atoms with E-state index in [9.17, 15) is 5.26 Å². The predicted molar refractivity (Wildman–Crippen MR) is 107 cm³/mol. The van der Waals surface area contributed by atoms with Crippen LogP contribution < -0.4 is 5.32 Å². The van der Waals surface area contributed by atoms with Crippen LogP contribution >= 0.6 is 11.8 Å². The van der Waals surface area contributed by atoms with Crippen molar-refractivity contribution >= 4 is 23.3 Å². The van der Waals surface area contributed by atoms with E-state index in [1.807, 2.05) is 60.7 Å². The third-order valence-electron chi connectivity index (χ3n) is 3.63. The number of nitriles is 1. The van der Waals surface area contributed by atoms with Crippen molar-refractivity contribution < 1.29 is 0 Å². The topological polar surface area (TPSA) is 61.6 Å². The van der Waals surface area contributed by atoms with Gasteiger partial charge in [-0.05, 0) is 18.1 Å². The van der Waals surface area contributed by atoms with E-state index in [4.69, 9.17) is 0 Å². The molecule has 0 saturated heterocycles. The molecule has 0 fully saturated rings. The highest BCUT2D eigenvalue weighted by Crippen LogP contribution is 2.30. The Bertz CT molecular complexity index is 903. The van der Waals surface area contributed by atoms with Crippen LogP contribution in [-0.4, -0.2) is 15.7 Å². The molecule has 0 saturated carbocycles. The van der Waals surface area contributed by atoms with Crippen molar-refractivity contribution in [3.05, 3.63) is 66.2 Å². The van der Waals surface area contributed by atoms with Crippen LogP contribution in [0.15, 0.2) is 65.8 Å². The zero-order chi connectivity index (χ0) is 18.4. The molecular weight excluding hydrogens is 340 g/mol. The third kappa shape index (κ3) is 4.41. The van der Waals surface area contributed by atoms with Gasteiger partial charge in [0.05, 0.1) is 5.69 Å². The minimum atomic E-state index is 0.453. The SMILES string of the molecule is CC(C)CSc1nc(Nc2ccccc2)c(C#N)c(-c2ccccc2)n1. The molecule has 0 amide bonds. The number of para-hydroxylation sites is 1. The Kier molecular flexibility index (Phi) is 5.88. The predicted octanol–water partition coefficient (Wildman–Crippen LogP) is 5.51. The summed E-state index contributed by atoms with van der Waals surface area (Å²) in [7, 11) is 0. The Balaban J connectivity index is 2.08. The first-order valence-corrected chi connectivity index (χ1v) is 9.48. The average Bonchev–Trinajstić information content (AvgIpc) is 2.67. The van der Waals surface area contributed by atoms with E-state index in [0.29, 0.717) is 28.1 Å². The molecule has 2 aromatic carbocycles. The van der Waals surface area contributed by atoms with Crippen molar-refractivity contribution in [1.82, 2.24) is 9.97 Å². The zero-order valence-corrected chi connectivity index (χ0v) is 15.6. The molecule has 0 aliphatic heterocycles. The summed E-state index contributed by atoms with van der Waals surface area (Å²) in [5.41, 5.74) is 2.91. The van der Waals surface area contributed by atoms with Gasteiger partial charge in [-0.15, -0.1) is 0 Å². The molecule has 0 bridgehead atoms. The molecule has 0 aliphatic carbocycles. The Morgan fingerprint density at radius 2 is 1.65 bits per heavy atom. The van der Waals surface area contributed by atoms with Gasteiger partial charge in [0.1, 0.15) is 11.6 Å². The van der Waals surface area contributed by atoms with Gasteiger partial charge >= 0.3 is 0 Å². The maximum absolute atomic E-state index is 9.77. The molecule has 3 aromatic rings. The highest BCUT2D eigenvalue weighted by Gasteiger charge is 2.16. The average molecular weight is 360 g/mol. The first-order chi connectivity index (χ1) is 12.7. The van der Waals surface area contributed by atoms with Gasteiger partial charge in [-0.2, -0.15) is 5.26 Å². The lowest BCUT2D eigenvalue weighted by Crippen LogP contribution is -2.04. The van der Waals surface area contributed by atoms with Crippen LogP contribution in [0, 0.1) is 17.2 Å². The van der Waals surface area contributed by atoms with E-state index in [2.05, 4.69) is 35.2 Å². The first-order valence-electron chi connectivity index (χ1n) is 8.50. The van der Waals surface area contributed by atoms with E-state index in [0.717, 1.165) is 17.0 Å². The van der Waals surface area contributed by atoms with Crippen LogP contribution in [0.1, 0.15) is 19.4 Å². The maximum atomic E-state index is 9.77. The number of anilines is 2. The van der Waals surface area contributed by atoms with Crippen molar-refractivity contribution in [2.45, 2.75) is 19.0 Å². The molecule has 3 rings (SSSR count). The van der Waals surface area contributed by atoms with Crippen LogP contribution in [0.2, 0.25) is 0 Å². The van der Waals surface area contributed by atoms with Gasteiger partial charge in [-0.1, -0.05) is 74.1 Å². The molecule has 1 aromatic heterocycles. The lowest BCUT2D eigenvalue weighted by Gasteiger charge is -2.13. The number of nitrogens with one attached hydrogen (secondary N) is 1. The van der Waals surface area contributed by atoms with E-state index in [1.54, 1.807) is 11.8 Å². The molecule has 130 valence electrons. The van der Waals surface area contributed by atoms with Gasteiger partial charge in [0.2, 0.25) is 0 Å². The second kappa shape index (κ2) is 8.50. The van der Waals surface area contributed by atoms with Crippen LogP contribution in [0.5, 0.6) is 0 Å². The van der Waals surface area contributed by atoms with Crippen molar-refractivity contribution in [2.75, 3.05) is 11.1 Å². The van der Waals surface area contributed by atoms with Crippen molar-refractivity contribution in [2.24, 2.45) is 5.92 Å². The Morgan fingerprint density at radius 3 is 2.27 bits per heavy atom. The van der Waals surface area contributed by atoms with Gasteiger partial charge in [-0.25, -0.2) is 9.97 Å². The van der Waals surface area contributed by atoms with Crippen LogP contribution in [0.25, 0.3) is 11.3 Å². The Labute approximate surface area is 158 Å². The number of rotatable bonds is 6. The second-order valence-electron chi connectivity index (χ2n) is 6.25. The van der Waals surface area contributed by atoms with Crippen LogP contribution in [0.3, 0.4) is 0 Å². The summed E-state index contributed by atoms with van der Waals surface area (Å²) in [4.78, 5) is 9.29. The molecule has 1 N–H and O–H groups in total. The van der Waals surface area contributed by atoms with Crippen LogP contribution in [0.4, 0.5) is 11.5 Å². The fraction of sp³-hybridized carbons (Fsp3) is 0.190. The smallest absolute Gasteiger partial charge is 0.190 e. The van der Waals surface area contributed by atoms with Crippen molar-refractivity contribution in [3.63, 3.8) is 0 Å². The molecule has 0 unspecified atom stereocenters. The standard InChI is InChI=1S/C21H20N4S/c1-15(2)14-26-21-24-19(16-9-5-3-6-10-16)18(13-22)20(25-21)23-17-11-7-4-8-12-17/h3-12,15H,14H2,1-2H3,(H,23,24,25). The summed E-state index contributed by atoms with van der Waals surface area (Å²) in [6.07, 6.45) is 0. The fourth-order valence-corrected chi connectivity index (χ4v) is 3.20. The monoisotopic (exact) mass is 360 g/mol. The summed E-state index contributed by atoms with van der Waals surface area (Å²) in [5, 5.41) is 13.7. The quantitative estimate of drug-likeness (QED) is 0.464. The van der Waals surface area contributed by atoms with Gasteiger partial charge in [-0.3, -0.25) is 0 Å². The number of aromatic nitrogens is 2. The zero-order valence-electron chi connectivity index (χ0n) is 14.8. The van der Waals surface area contributed by atoms with Crippen molar-refractivity contribution in [3.8, 4) is 17.3 Å². The van der Waals surface area contributed by atoms with Gasteiger partial charge in [0, 0.05) is 17.0 Å². The maximum Gasteiger partial charge on any atom is 0.190 e. The molecule has 0 radical (unpaired) electrons. The summed E-state index contributed by atoms with van der Waals surface area (Å²) >= 11 is 1.61. The number of benzene rings is 2. The van der Waals surface area contributed by atoms with Crippen LogP contribution in [-0.2, 0) is 0 Å². The first kappa shape index (κ1) is 18.0. The third-order valence-corrected chi connectivity index (χ3v) is 4.90. The molecule has 0 spiro atoms. The molecule has 4 nitrogen and oxygen atoms in total. The summed E-state index contributed by atoms with van der Waals surface area (Å²) in [6, 6.07) is 21.8. The number of thioether (sulfide) groups is 1. The van der Waals surface area contributed by atoms with E-state index in [1.165, 1.54) is 0 Å². The van der Waals surface area contributed by atoms with E-state index >= 15 is 0 Å². The Hall–Kier alpha value is -2.84. The minimum Gasteiger partial charge on any atom is -0.339 e. The highest BCUT2D eigenvalue weighted by molar-refractivity contribution is 7.99. The lowest BCUT2D eigenvalue weighted by molar-refractivity contribution is 0.748. The van der Waals surface area contributed by atoms with Gasteiger partial charge in [0.25, 0.3) is 0 Å². The fourth-order valence-electron chi connectivity index (χ4n) is 2.41. The largest absolute Gasteiger partial charge is 0.339 e. The Morgan fingerprint density at radius 1 is 1.00 bits per heavy atom. The lowest BCUT2D eigenvalue weighted by atomic mass is 10.1.